The molecule has 1 aromatic heterocycles. The Hall–Kier alpha value is -1.36. The fraction of sp³-hybridized carbons (Fsp3) is 0.667. The minimum atomic E-state index is 0.0745. The molecular weight excluding hydrogens is 216 g/mol. The van der Waals surface area contributed by atoms with Crippen molar-refractivity contribution < 1.29 is 4.79 Å². The highest BCUT2D eigenvalue weighted by Gasteiger charge is 2.38. The van der Waals surface area contributed by atoms with E-state index in [-0.39, 0.29) is 5.91 Å². The van der Waals surface area contributed by atoms with Gasteiger partial charge in [-0.25, -0.2) is 0 Å². The lowest BCUT2D eigenvalue weighted by Crippen LogP contribution is -2.32. The third kappa shape index (κ3) is 1.95. The number of hydrogen-bond donors (Lipinski definition) is 2. The van der Waals surface area contributed by atoms with E-state index in [9.17, 15) is 4.79 Å². The summed E-state index contributed by atoms with van der Waals surface area (Å²) in [5.74, 6) is 1.33. The zero-order chi connectivity index (χ0) is 11.8. The Kier molecular flexibility index (Phi) is 2.63. The van der Waals surface area contributed by atoms with Crippen molar-refractivity contribution in [3.63, 3.8) is 0 Å². The Balaban J connectivity index is 1.69. The number of nitrogens with one attached hydrogen (secondary N) is 1. The molecule has 5 nitrogen and oxygen atoms in total. The van der Waals surface area contributed by atoms with Crippen molar-refractivity contribution in [1.82, 2.24) is 15.1 Å². The first-order valence-corrected chi connectivity index (χ1v) is 6.28. The van der Waals surface area contributed by atoms with Crippen molar-refractivity contribution in [3.05, 3.63) is 18.0 Å². The van der Waals surface area contributed by atoms with E-state index >= 15 is 0 Å². The molecule has 1 amide bonds. The van der Waals surface area contributed by atoms with E-state index in [4.69, 9.17) is 5.73 Å². The molecule has 0 spiro atoms. The van der Waals surface area contributed by atoms with Crippen molar-refractivity contribution in [3.8, 4) is 0 Å². The molecule has 0 aromatic carbocycles. The molecule has 1 aliphatic heterocycles. The quantitative estimate of drug-likeness (QED) is 0.747. The average Bonchev–Trinajstić information content (AvgIpc) is 2.96. The molecule has 2 aliphatic rings. The van der Waals surface area contributed by atoms with Crippen LogP contribution in [0.25, 0.3) is 0 Å². The zero-order valence-corrected chi connectivity index (χ0v) is 9.80. The number of nitrogens with two attached hydrogens (primary N) is 1. The first-order chi connectivity index (χ1) is 8.24. The lowest BCUT2D eigenvalue weighted by atomic mass is 9.79. The van der Waals surface area contributed by atoms with Crippen LogP contribution in [0, 0.1) is 11.8 Å². The van der Waals surface area contributed by atoms with Gasteiger partial charge in [-0.2, -0.15) is 5.10 Å². The second kappa shape index (κ2) is 4.14. The number of H-pyrrole nitrogens is 1. The molecule has 3 N–H and O–H groups in total. The lowest BCUT2D eigenvalue weighted by Gasteiger charge is -2.27. The van der Waals surface area contributed by atoms with Gasteiger partial charge in [0.15, 0.2) is 0 Å². The van der Waals surface area contributed by atoms with Gasteiger partial charge in [-0.15, -0.1) is 0 Å². The Bertz CT molecular complexity index is 403. The van der Waals surface area contributed by atoms with Crippen molar-refractivity contribution in [1.29, 1.82) is 0 Å². The minimum absolute atomic E-state index is 0.0745. The number of likely N-dealkylation sites (tertiary alicyclic amines) is 1. The molecular formula is C12H18N4O. The first kappa shape index (κ1) is 10.8. The number of nitrogens with zero attached hydrogens (tertiary/aromatic N) is 2. The molecule has 1 saturated heterocycles. The van der Waals surface area contributed by atoms with Crippen molar-refractivity contribution >= 4 is 5.91 Å². The second-order valence-electron chi connectivity index (χ2n) is 5.27. The van der Waals surface area contributed by atoms with Gasteiger partial charge in [0.1, 0.15) is 5.69 Å². The van der Waals surface area contributed by atoms with E-state index in [0.29, 0.717) is 23.6 Å². The maximum atomic E-state index is 12.2. The molecule has 3 rings (SSSR count). The minimum Gasteiger partial charge on any atom is -0.337 e. The summed E-state index contributed by atoms with van der Waals surface area (Å²) < 4.78 is 0. The smallest absolute Gasteiger partial charge is 0.271 e. The third-order valence-corrected chi connectivity index (χ3v) is 4.11. The van der Waals surface area contributed by atoms with Crippen LogP contribution in [0.2, 0.25) is 0 Å². The van der Waals surface area contributed by atoms with Crippen molar-refractivity contribution in [2.75, 3.05) is 13.1 Å². The normalized spacial score (nSPS) is 32.5. The van der Waals surface area contributed by atoms with Crippen LogP contribution in [-0.4, -0.2) is 40.1 Å². The molecule has 1 saturated carbocycles. The fourth-order valence-electron chi connectivity index (χ4n) is 3.18. The summed E-state index contributed by atoms with van der Waals surface area (Å²) >= 11 is 0. The molecule has 17 heavy (non-hydrogen) atoms. The summed E-state index contributed by atoms with van der Waals surface area (Å²) in [6.45, 7) is 1.74. The molecule has 92 valence electrons. The van der Waals surface area contributed by atoms with E-state index in [0.717, 1.165) is 25.9 Å². The van der Waals surface area contributed by atoms with Gasteiger partial charge < -0.3 is 10.6 Å². The van der Waals surface area contributed by atoms with Crippen LogP contribution in [-0.2, 0) is 0 Å². The van der Waals surface area contributed by atoms with E-state index < -0.39 is 0 Å². The Morgan fingerprint density at radius 2 is 2.24 bits per heavy atom. The monoisotopic (exact) mass is 234 g/mol. The Labute approximate surface area is 100 Å². The fourth-order valence-corrected chi connectivity index (χ4v) is 3.18. The zero-order valence-electron chi connectivity index (χ0n) is 9.80. The Morgan fingerprint density at radius 3 is 3.00 bits per heavy atom. The molecule has 3 atom stereocenters. The van der Waals surface area contributed by atoms with Crippen molar-refractivity contribution in [2.24, 2.45) is 17.6 Å². The van der Waals surface area contributed by atoms with E-state index in [2.05, 4.69) is 10.2 Å². The summed E-state index contributed by atoms with van der Waals surface area (Å²) in [5.41, 5.74) is 6.58. The molecule has 2 heterocycles. The number of amides is 1. The van der Waals surface area contributed by atoms with E-state index in [1.54, 1.807) is 12.3 Å². The highest BCUT2D eigenvalue weighted by Crippen LogP contribution is 2.35. The van der Waals surface area contributed by atoms with E-state index in [1.165, 1.54) is 6.42 Å². The number of aromatic amines is 1. The molecule has 1 aromatic rings. The van der Waals surface area contributed by atoms with Gasteiger partial charge in [0.2, 0.25) is 0 Å². The van der Waals surface area contributed by atoms with Gasteiger partial charge in [0.05, 0.1) is 0 Å². The number of hydrogen-bond acceptors (Lipinski definition) is 3. The molecule has 5 heteroatoms. The average molecular weight is 234 g/mol. The summed E-state index contributed by atoms with van der Waals surface area (Å²) in [4.78, 5) is 14.1. The number of aromatic nitrogens is 2. The predicted molar refractivity (Wildman–Crippen MR) is 63.3 cm³/mol. The third-order valence-electron chi connectivity index (χ3n) is 4.11. The molecule has 1 aliphatic carbocycles. The maximum absolute atomic E-state index is 12.2. The number of rotatable bonds is 1. The van der Waals surface area contributed by atoms with Gasteiger partial charge in [-0.1, -0.05) is 0 Å². The maximum Gasteiger partial charge on any atom is 0.271 e. The Morgan fingerprint density at radius 1 is 1.41 bits per heavy atom. The van der Waals surface area contributed by atoms with Crippen molar-refractivity contribution in [2.45, 2.75) is 25.3 Å². The van der Waals surface area contributed by atoms with Crippen LogP contribution in [0.3, 0.4) is 0 Å². The molecule has 0 bridgehead atoms. The van der Waals surface area contributed by atoms with Gasteiger partial charge in [-0.05, 0) is 37.2 Å². The molecule has 0 radical (unpaired) electrons. The van der Waals surface area contributed by atoms with Gasteiger partial charge >= 0.3 is 0 Å². The summed E-state index contributed by atoms with van der Waals surface area (Å²) in [7, 11) is 0. The van der Waals surface area contributed by atoms with Crippen LogP contribution in [0.15, 0.2) is 12.3 Å². The van der Waals surface area contributed by atoms with Crippen LogP contribution in [0.4, 0.5) is 0 Å². The van der Waals surface area contributed by atoms with E-state index in [1.807, 2.05) is 4.90 Å². The van der Waals surface area contributed by atoms with Crippen LogP contribution in [0.1, 0.15) is 29.8 Å². The summed E-state index contributed by atoms with van der Waals surface area (Å²) in [6.07, 6.45) is 4.95. The summed E-state index contributed by atoms with van der Waals surface area (Å²) in [6, 6.07) is 2.06. The van der Waals surface area contributed by atoms with Gasteiger partial charge in [-0.3, -0.25) is 9.89 Å². The second-order valence-corrected chi connectivity index (χ2v) is 5.27. The molecule has 1 unspecified atom stereocenters. The standard InChI is InChI=1S/C12H18N4O/c13-10-2-1-8-6-16(7-9(8)5-10)12(17)11-3-4-14-15-11/h3-4,8-10H,1-2,5-7,13H2,(H,14,15)/t8-,9+,10?/m1/s1. The lowest BCUT2D eigenvalue weighted by molar-refractivity contribution is 0.0778. The van der Waals surface area contributed by atoms with Gasteiger partial charge in [0.25, 0.3) is 5.91 Å². The topological polar surface area (TPSA) is 75.0 Å². The summed E-state index contributed by atoms with van der Waals surface area (Å²) in [5, 5.41) is 6.56. The highest BCUT2D eigenvalue weighted by molar-refractivity contribution is 5.92. The number of fused-ring (bicyclic) bond motifs is 1. The van der Waals surface area contributed by atoms with Crippen LogP contribution < -0.4 is 5.73 Å². The van der Waals surface area contributed by atoms with Gasteiger partial charge in [0, 0.05) is 25.3 Å². The largest absolute Gasteiger partial charge is 0.337 e. The SMILES string of the molecule is NC1CC[C@@H]2CN(C(=O)c3ccn[nH]3)C[C@@H]2C1. The highest BCUT2D eigenvalue weighted by atomic mass is 16.2. The number of carbonyl (C=O) groups is 1. The molecule has 2 fully saturated rings. The van der Waals surface area contributed by atoms with Crippen LogP contribution in [0.5, 0.6) is 0 Å². The van der Waals surface area contributed by atoms with Crippen LogP contribution >= 0.6 is 0 Å². The number of carbonyl (C=O) groups excluding carboxylic acids is 1. The first-order valence-electron chi connectivity index (χ1n) is 6.28. The predicted octanol–water partition coefficient (Wildman–Crippen LogP) is 0.609.